The van der Waals surface area contributed by atoms with Crippen molar-refractivity contribution in [1.82, 2.24) is 5.32 Å². The third-order valence-electron chi connectivity index (χ3n) is 4.57. The standard InChI is InChI=1S/C22H19ClN2O6/c1-4-5-13-8-12(10-18(31-3)19(13)26)9-15-20(27)24-22(29)25(21(15)28)14-6-7-17(30-2)16(23)11-14/h4,6-11,26H,1,5H2,2-3H3,(H,24,27,29)/b15-9-. The van der Waals surface area contributed by atoms with Crippen LogP contribution in [0.25, 0.3) is 6.08 Å². The molecule has 31 heavy (non-hydrogen) atoms. The fraction of sp³-hybridized carbons (Fsp3) is 0.136. The van der Waals surface area contributed by atoms with E-state index in [9.17, 15) is 19.5 Å². The van der Waals surface area contributed by atoms with Gasteiger partial charge < -0.3 is 14.6 Å². The zero-order valence-electron chi connectivity index (χ0n) is 16.8. The van der Waals surface area contributed by atoms with Crippen LogP contribution >= 0.6 is 11.6 Å². The van der Waals surface area contributed by atoms with E-state index in [1.165, 1.54) is 44.6 Å². The molecule has 8 nitrogen and oxygen atoms in total. The number of benzene rings is 2. The number of imide groups is 2. The Kier molecular flexibility index (Phi) is 6.31. The molecule has 1 saturated heterocycles. The van der Waals surface area contributed by atoms with Gasteiger partial charge in [0.15, 0.2) is 11.5 Å². The number of urea groups is 1. The van der Waals surface area contributed by atoms with E-state index >= 15 is 0 Å². The summed E-state index contributed by atoms with van der Waals surface area (Å²) in [6.07, 6.45) is 3.25. The van der Waals surface area contributed by atoms with Crippen molar-refractivity contribution >= 4 is 41.2 Å². The van der Waals surface area contributed by atoms with Gasteiger partial charge in [-0.1, -0.05) is 17.7 Å². The molecule has 4 amide bonds. The number of carbonyl (C=O) groups is 3. The van der Waals surface area contributed by atoms with E-state index in [0.29, 0.717) is 23.3 Å². The van der Waals surface area contributed by atoms with Crippen LogP contribution in [0.1, 0.15) is 11.1 Å². The third kappa shape index (κ3) is 4.24. The molecule has 2 aromatic rings. The van der Waals surface area contributed by atoms with Crippen LogP contribution in [0.2, 0.25) is 5.02 Å². The molecule has 1 fully saturated rings. The maximum atomic E-state index is 13.1. The normalized spacial score (nSPS) is 15.1. The molecule has 1 aliphatic heterocycles. The van der Waals surface area contributed by atoms with Gasteiger partial charge >= 0.3 is 6.03 Å². The van der Waals surface area contributed by atoms with Gasteiger partial charge in [0.25, 0.3) is 11.8 Å². The van der Waals surface area contributed by atoms with Crippen molar-refractivity contribution in [3.63, 3.8) is 0 Å². The first-order valence-corrected chi connectivity index (χ1v) is 9.44. The summed E-state index contributed by atoms with van der Waals surface area (Å²) in [4.78, 5) is 38.6. The van der Waals surface area contributed by atoms with Crippen LogP contribution in [0, 0.1) is 0 Å². The number of halogens is 1. The summed E-state index contributed by atoms with van der Waals surface area (Å²) in [5, 5.41) is 12.6. The van der Waals surface area contributed by atoms with E-state index in [-0.39, 0.29) is 27.8 Å². The second-order valence-electron chi connectivity index (χ2n) is 6.50. The number of hydrogen-bond donors (Lipinski definition) is 2. The van der Waals surface area contributed by atoms with Gasteiger partial charge in [0, 0.05) is 5.56 Å². The van der Waals surface area contributed by atoms with Crippen LogP contribution in [0.4, 0.5) is 10.5 Å². The van der Waals surface area contributed by atoms with Gasteiger partial charge in [0.2, 0.25) is 0 Å². The number of ether oxygens (including phenoxy) is 2. The van der Waals surface area contributed by atoms with Gasteiger partial charge in [-0.15, -0.1) is 6.58 Å². The van der Waals surface area contributed by atoms with Gasteiger partial charge in [-0.05, 0) is 48.4 Å². The summed E-state index contributed by atoms with van der Waals surface area (Å²) in [5.74, 6) is -1.19. The Balaban J connectivity index is 2.06. The smallest absolute Gasteiger partial charge is 0.335 e. The number of methoxy groups -OCH3 is 2. The van der Waals surface area contributed by atoms with Crippen LogP contribution in [0.15, 0.2) is 48.6 Å². The molecule has 0 bridgehead atoms. The predicted octanol–water partition coefficient (Wildman–Crippen LogP) is 3.46. The molecule has 0 spiro atoms. The second-order valence-corrected chi connectivity index (χ2v) is 6.91. The van der Waals surface area contributed by atoms with Gasteiger partial charge in [-0.2, -0.15) is 0 Å². The van der Waals surface area contributed by atoms with Crippen LogP contribution < -0.4 is 19.7 Å². The lowest BCUT2D eigenvalue weighted by Crippen LogP contribution is -2.54. The Bertz CT molecular complexity index is 1130. The number of phenols is 1. The molecule has 3 rings (SSSR count). The first-order valence-electron chi connectivity index (χ1n) is 9.06. The number of phenolic OH excluding ortho intramolecular Hbond substituents is 1. The Morgan fingerprint density at radius 1 is 1.13 bits per heavy atom. The van der Waals surface area contributed by atoms with Crippen LogP contribution in [-0.4, -0.2) is 37.2 Å². The summed E-state index contributed by atoms with van der Waals surface area (Å²) in [6.45, 7) is 3.64. The van der Waals surface area contributed by atoms with Crippen molar-refractivity contribution in [3.05, 3.63) is 64.7 Å². The van der Waals surface area contributed by atoms with Crippen molar-refractivity contribution in [2.45, 2.75) is 6.42 Å². The number of amides is 4. The highest BCUT2D eigenvalue weighted by Crippen LogP contribution is 2.34. The molecule has 0 aliphatic carbocycles. The summed E-state index contributed by atoms with van der Waals surface area (Å²) < 4.78 is 10.2. The van der Waals surface area contributed by atoms with Crippen molar-refractivity contribution in [1.29, 1.82) is 0 Å². The molecule has 0 saturated carbocycles. The number of aromatic hydroxyl groups is 1. The molecule has 0 aromatic heterocycles. The summed E-state index contributed by atoms with van der Waals surface area (Å²) >= 11 is 6.11. The van der Waals surface area contributed by atoms with Crippen molar-refractivity contribution < 1.29 is 29.0 Å². The highest BCUT2D eigenvalue weighted by Gasteiger charge is 2.37. The number of carbonyl (C=O) groups excluding carboxylic acids is 3. The molecule has 2 N–H and O–H groups in total. The van der Waals surface area contributed by atoms with Gasteiger partial charge in [0.05, 0.1) is 24.9 Å². The van der Waals surface area contributed by atoms with E-state index in [1.807, 2.05) is 0 Å². The second kappa shape index (κ2) is 8.93. The first-order chi connectivity index (χ1) is 14.8. The van der Waals surface area contributed by atoms with Crippen LogP contribution in [-0.2, 0) is 16.0 Å². The molecule has 160 valence electrons. The minimum absolute atomic E-state index is 0.0614. The number of allylic oxidation sites excluding steroid dienone is 1. The molecule has 2 aromatic carbocycles. The zero-order valence-corrected chi connectivity index (χ0v) is 17.5. The number of hydrogen-bond acceptors (Lipinski definition) is 6. The molecule has 0 unspecified atom stereocenters. The lowest BCUT2D eigenvalue weighted by atomic mass is 10.0. The number of barbiturate groups is 1. The molecular formula is C22H19ClN2O6. The van der Waals surface area contributed by atoms with Gasteiger partial charge in [-0.3, -0.25) is 14.9 Å². The van der Waals surface area contributed by atoms with E-state index in [2.05, 4.69) is 11.9 Å². The Hall–Kier alpha value is -3.78. The topological polar surface area (TPSA) is 105 Å². The highest BCUT2D eigenvalue weighted by atomic mass is 35.5. The SMILES string of the molecule is C=CCc1cc(/C=C2/C(=O)NC(=O)N(c3ccc(OC)c(Cl)c3)C2=O)cc(OC)c1O. The summed E-state index contributed by atoms with van der Waals surface area (Å²) in [7, 11) is 2.82. The lowest BCUT2D eigenvalue weighted by molar-refractivity contribution is -0.122. The highest BCUT2D eigenvalue weighted by molar-refractivity contribution is 6.39. The quantitative estimate of drug-likeness (QED) is 0.403. The fourth-order valence-electron chi connectivity index (χ4n) is 3.09. The van der Waals surface area contributed by atoms with Gasteiger partial charge in [-0.25, -0.2) is 9.69 Å². The first kappa shape index (κ1) is 21.9. The van der Waals surface area contributed by atoms with Crippen molar-refractivity contribution in [2.75, 3.05) is 19.1 Å². The summed E-state index contributed by atoms with van der Waals surface area (Å²) in [5.41, 5.74) is 0.818. The molecule has 9 heteroatoms. The number of anilines is 1. The maximum absolute atomic E-state index is 13.1. The van der Waals surface area contributed by atoms with Crippen molar-refractivity contribution in [3.8, 4) is 17.2 Å². The Labute approximate surface area is 183 Å². The average molecular weight is 443 g/mol. The monoisotopic (exact) mass is 442 g/mol. The maximum Gasteiger partial charge on any atom is 0.335 e. The zero-order chi connectivity index (χ0) is 22.7. The molecule has 1 heterocycles. The van der Waals surface area contributed by atoms with Crippen LogP contribution in [0.5, 0.6) is 17.2 Å². The largest absolute Gasteiger partial charge is 0.504 e. The van der Waals surface area contributed by atoms with E-state index in [4.69, 9.17) is 21.1 Å². The Morgan fingerprint density at radius 2 is 1.84 bits per heavy atom. The Morgan fingerprint density at radius 3 is 2.45 bits per heavy atom. The number of nitrogens with zero attached hydrogens (tertiary/aromatic N) is 1. The lowest BCUT2D eigenvalue weighted by Gasteiger charge is -2.26. The third-order valence-corrected chi connectivity index (χ3v) is 4.86. The molecular weight excluding hydrogens is 424 g/mol. The molecule has 1 aliphatic rings. The number of nitrogens with one attached hydrogen (secondary N) is 1. The fourth-order valence-corrected chi connectivity index (χ4v) is 3.34. The average Bonchev–Trinajstić information content (AvgIpc) is 2.73. The van der Waals surface area contributed by atoms with Crippen LogP contribution in [0.3, 0.4) is 0 Å². The van der Waals surface area contributed by atoms with Crippen molar-refractivity contribution in [2.24, 2.45) is 0 Å². The molecule has 0 atom stereocenters. The van der Waals surface area contributed by atoms with E-state index in [1.54, 1.807) is 12.1 Å². The van der Waals surface area contributed by atoms with Gasteiger partial charge in [0.1, 0.15) is 11.3 Å². The predicted molar refractivity (Wildman–Crippen MR) is 116 cm³/mol. The molecule has 0 radical (unpaired) electrons. The minimum atomic E-state index is -0.899. The van der Waals surface area contributed by atoms with E-state index < -0.39 is 17.8 Å². The number of rotatable bonds is 6. The summed E-state index contributed by atoms with van der Waals surface area (Å²) in [6, 6.07) is 6.53. The van der Waals surface area contributed by atoms with E-state index in [0.717, 1.165) is 4.90 Å². The minimum Gasteiger partial charge on any atom is -0.504 e.